The molecule has 2 aromatic rings. The minimum absolute atomic E-state index is 0.0273. The molecule has 1 aliphatic heterocycles. The van der Waals surface area contributed by atoms with Crippen LogP contribution in [0.5, 0.6) is 0 Å². The molecule has 1 N–H and O–H groups in total. The first-order chi connectivity index (χ1) is 11.6. The minimum atomic E-state index is -0.0273. The highest BCUT2D eigenvalue weighted by atomic mass is 32.1. The molecular weight excluding hydrogens is 322 g/mol. The summed E-state index contributed by atoms with van der Waals surface area (Å²) in [6, 6.07) is 2.57. The quantitative estimate of drug-likeness (QED) is 0.925. The lowest BCUT2D eigenvalue weighted by Crippen LogP contribution is -2.50. The summed E-state index contributed by atoms with van der Waals surface area (Å²) in [6.45, 7) is 7.59. The number of urea groups is 1. The summed E-state index contributed by atoms with van der Waals surface area (Å²) < 4.78 is 1.74. The van der Waals surface area contributed by atoms with Crippen LogP contribution < -0.4 is 5.32 Å². The summed E-state index contributed by atoms with van der Waals surface area (Å²) in [5.74, 6) is 0. The topological polar surface area (TPSA) is 53.4 Å². The van der Waals surface area contributed by atoms with E-state index in [9.17, 15) is 4.79 Å². The molecule has 6 nitrogen and oxygen atoms in total. The number of aryl methyl sites for hydroxylation is 2. The Hall–Kier alpha value is -1.86. The summed E-state index contributed by atoms with van der Waals surface area (Å²) >= 11 is 1.73. The van der Waals surface area contributed by atoms with Gasteiger partial charge in [-0.2, -0.15) is 16.4 Å². The fourth-order valence-corrected chi connectivity index (χ4v) is 3.88. The molecule has 1 atom stereocenters. The van der Waals surface area contributed by atoms with E-state index in [1.165, 1.54) is 5.56 Å². The third kappa shape index (κ3) is 3.62. The van der Waals surface area contributed by atoms with Gasteiger partial charge in [-0.3, -0.25) is 9.58 Å². The first kappa shape index (κ1) is 17.0. The Kier molecular flexibility index (Phi) is 5.20. The molecular formula is C17H25N5OS. The van der Waals surface area contributed by atoms with Crippen LogP contribution >= 0.6 is 11.3 Å². The van der Waals surface area contributed by atoms with E-state index in [1.54, 1.807) is 16.0 Å². The van der Waals surface area contributed by atoms with Crippen molar-refractivity contribution in [3.63, 3.8) is 0 Å². The van der Waals surface area contributed by atoms with E-state index < -0.39 is 0 Å². The Morgan fingerprint density at radius 3 is 2.75 bits per heavy atom. The van der Waals surface area contributed by atoms with Gasteiger partial charge in [-0.25, -0.2) is 4.79 Å². The van der Waals surface area contributed by atoms with Crippen molar-refractivity contribution < 1.29 is 4.79 Å². The van der Waals surface area contributed by atoms with Crippen LogP contribution in [0.4, 0.5) is 10.5 Å². The van der Waals surface area contributed by atoms with Gasteiger partial charge >= 0.3 is 6.03 Å². The van der Waals surface area contributed by atoms with Crippen LogP contribution in [-0.4, -0.2) is 51.8 Å². The van der Waals surface area contributed by atoms with Gasteiger partial charge in [0.1, 0.15) is 0 Å². The third-order valence-electron chi connectivity index (χ3n) is 4.66. The molecule has 1 fully saturated rings. The van der Waals surface area contributed by atoms with E-state index in [1.807, 2.05) is 25.1 Å². The van der Waals surface area contributed by atoms with Gasteiger partial charge in [0, 0.05) is 45.5 Å². The van der Waals surface area contributed by atoms with Gasteiger partial charge < -0.3 is 10.2 Å². The molecule has 2 amide bonds. The van der Waals surface area contributed by atoms with Crippen molar-refractivity contribution in [1.29, 1.82) is 0 Å². The van der Waals surface area contributed by atoms with Crippen molar-refractivity contribution in [2.24, 2.45) is 7.05 Å². The first-order valence-corrected chi connectivity index (χ1v) is 9.37. The highest BCUT2D eigenvalue weighted by Crippen LogP contribution is 2.24. The van der Waals surface area contributed by atoms with E-state index in [2.05, 4.69) is 39.1 Å². The Morgan fingerprint density at radius 2 is 2.12 bits per heavy atom. The van der Waals surface area contributed by atoms with Gasteiger partial charge in [0.25, 0.3) is 0 Å². The van der Waals surface area contributed by atoms with Crippen molar-refractivity contribution in [3.05, 3.63) is 34.3 Å². The lowest BCUT2D eigenvalue weighted by atomic mass is 10.1. The summed E-state index contributed by atoms with van der Waals surface area (Å²) in [5.41, 5.74) is 3.11. The van der Waals surface area contributed by atoms with E-state index in [-0.39, 0.29) is 6.03 Å². The molecule has 2 aromatic heterocycles. The molecule has 1 saturated heterocycles. The fraction of sp³-hybridized carbons (Fsp3) is 0.529. The number of hydrogen-bond donors (Lipinski definition) is 1. The standard InChI is InChI=1S/C17H25N5OS/c1-4-15-16(11-20(3)19-15)18-17(23)22-8-6-21(7-9-22)13(2)14-5-10-24-12-14/h5,10-13H,4,6-9H2,1-3H3,(H,18,23)/t13-/m1/s1. The van der Waals surface area contributed by atoms with Gasteiger partial charge in [-0.1, -0.05) is 6.92 Å². The monoisotopic (exact) mass is 347 g/mol. The van der Waals surface area contributed by atoms with Gasteiger partial charge in [-0.05, 0) is 35.7 Å². The number of piperazine rings is 1. The summed E-state index contributed by atoms with van der Waals surface area (Å²) in [4.78, 5) is 16.8. The number of hydrogen-bond acceptors (Lipinski definition) is 4. The smallest absolute Gasteiger partial charge is 0.322 e. The van der Waals surface area contributed by atoms with Crippen LogP contribution in [0.1, 0.15) is 31.1 Å². The Balaban J connectivity index is 1.55. The number of nitrogens with one attached hydrogen (secondary N) is 1. The van der Waals surface area contributed by atoms with E-state index >= 15 is 0 Å². The number of amides is 2. The van der Waals surface area contributed by atoms with E-state index in [4.69, 9.17) is 0 Å². The van der Waals surface area contributed by atoms with E-state index in [0.717, 1.165) is 44.0 Å². The largest absolute Gasteiger partial charge is 0.322 e. The Morgan fingerprint density at radius 1 is 1.38 bits per heavy atom. The molecule has 0 bridgehead atoms. The molecule has 0 radical (unpaired) electrons. The molecule has 130 valence electrons. The van der Waals surface area contributed by atoms with Gasteiger partial charge in [0.2, 0.25) is 0 Å². The van der Waals surface area contributed by atoms with E-state index in [0.29, 0.717) is 6.04 Å². The maximum Gasteiger partial charge on any atom is 0.322 e. The number of rotatable bonds is 4. The summed E-state index contributed by atoms with van der Waals surface area (Å²) in [7, 11) is 1.87. The number of nitrogens with zero attached hydrogens (tertiary/aromatic N) is 4. The zero-order valence-corrected chi connectivity index (χ0v) is 15.3. The Labute approximate surface area is 147 Å². The predicted molar refractivity (Wildman–Crippen MR) is 97.5 cm³/mol. The van der Waals surface area contributed by atoms with Crippen LogP contribution in [0, 0.1) is 0 Å². The maximum atomic E-state index is 12.5. The van der Waals surface area contributed by atoms with Crippen LogP contribution in [0.2, 0.25) is 0 Å². The van der Waals surface area contributed by atoms with Gasteiger partial charge in [-0.15, -0.1) is 0 Å². The number of thiophene rings is 1. The minimum Gasteiger partial charge on any atom is -0.322 e. The van der Waals surface area contributed by atoms with Crippen LogP contribution in [0.15, 0.2) is 23.0 Å². The van der Waals surface area contributed by atoms with Crippen molar-refractivity contribution in [1.82, 2.24) is 19.6 Å². The highest BCUT2D eigenvalue weighted by Gasteiger charge is 2.25. The molecule has 3 heterocycles. The molecule has 0 spiro atoms. The van der Waals surface area contributed by atoms with Gasteiger partial charge in [0.05, 0.1) is 11.4 Å². The summed E-state index contributed by atoms with van der Waals surface area (Å²) in [6.07, 6.45) is 2.67. The molecule has 1 aliphatic rings. The average molecular weight is 347 g/mol. The molecule has 0 aromatic carbocycles. The number of carbonyl (C=O) groups is 1. The lowest BCUT2D eigenvalue weighted by Gasteiger charge is -2.37. The second kappa shape index (κ2) is 7.36. The van der Waals surface area contributed by atoms with Crippen molar-refractivity contribution in [3.8, 4) is 0 Å². The number of aromatic nitrogens is 2. The molecule has 7 heteroatoms. The Bertz CT molecular complexity index is 673. The normalized spacial score (nSPS) is 17.0. The first-order valence-electron chi connectivity index (χ1n) is 8.43. The van der Waals surface area contributed by atoms with Crippen molar-refractivity contribution in [2.45, 2.75) is 26.3 Å². The lowest BCUT2D eigenvalue weighted by molar-refractivity contribution is 0.119. The molecule has 3 rings (SSSR count). The maximum absolute atomic E-state index is 12.5. The average Bonchev–Trinajstić information content (AvgIpc) is 3.24. The van der Waals surface area contributed by atoms with Crippen LogP contribution in [0.25, 0.3) is 0 Å². The van der Waals surface area contributed by atoms with Crippen LogP contribution in [0.3, 0.4) is 0 Å². The number of carbonyl (C=O) groups excluding carboxylic acids is 1. The fourth-order valence-electron chi connectivity index (χ4n) is 3.13. The van der Waals surface area contributed by atoms with Gasteiger partial charge in [0.15, 0.2) is 0 Å². The van der Waals surface area contributed by atoms with Crippen molar-refractivity contribution >= 4 is 23.1 Å². The highest BCUT2D eigenvalue weighted by molar-refractivity contribution is 7.07. The molecule has 0 aliphatic carbocycles. The zero-order valence-electron chi connectivity index (χ0n) is 14.5. The molecule has 0 saturated carbocycles. The molecule has 0 unspecified atom stereocenters. The van der Waals surface area contributed by atoms with Crippen LogP contribution in [-0.2, 0) is 13.5 Å². The predicted octanol–water partition coefficient (Wildman–Crippen LogP) is 2.95. The summed E-state index contributed by atoms with van der Waals surface area (Å²) in [5, 5.41) is 11.7. The second-order valence-electron chi connectivity index (χ2n) is 6.20. The molecule has 24 heavy (non-hydrogen) atoms. The second-order valence-corrected chi connectivity index (χ2v) is 6.98. The van der Waals surface area contributed by atoms with Crippen molar-refractivity contribution in [2.75, 3.05) is 31.5 Å². The number of anilines is 1. The third-order valence-corrected chi connectivity index (χ3v) is 5.36. The SMILES string of the molecule is CCc1nn(C)cc1NC(=O)N1CCN([C@H](C)c2ccsc2)CC1. The zero-order chi connectivity index (χ0) is 17.1.